The fraction of sp³-hybridized carbons (Fsp3) is 0.391. The van der Waals surface area contributed by atoms with Crippen LogP contribution in [0.1, 0.15) is 25.3 Å². The van der Waals surface area contributed by atoms with Crippen LogP contribution in [0.5, 0.6) is 0 Å². The summed E-state index contributed by atoms with van der Waals surface area (Å²) >= 11 is -1.28. The van der Waals surface area contributed by atoms with Crippen LogP contribution in [0.4, 0.5) is 4.39 Å². The molecular weight excluding hydrogens is 403 g/mol. The molecule has 2 aliphatic heterocycles. The summed E-state index contributed by atoms with van der Waals surface area (Å²) in [5, 5.41) is 0. The molecule has 1 N–H and O–H groups in total. The number of nitrogens with one attached hydrogen (secondary N) is 1. The number of amides is 1. The first kappa shape index (κ1) is 21.0. The lowest BCUT2D eigenvalue weighted by Gasteiger charge is -2.57. The minimum absolute atomic E-state index is 0.0138. The molecule has 1 unspecified atom stereocenters. The van der Waals surface area contributed by atoms with Gasteiger partial charge in [-0.25, -0.2) is 4.39 Å². The summed E-state index contributed by atoms with van der Waals surface area (Å²) in [6.07, 6.45) is 3.36. The van der Waals surface area contributed by atoms with Crippen LogP contribution in [0.3, 0.4) is 0 Å². The molecule has 2 aromatic rings. The Hall–Kier alpha value is -2.22. The third-order valence-electron chi connectivity index (χ3n) is 6.25. The van der Waals surface area contributed by atoms with Crippen LogP contribution in [-0.2, 0) is 27.4 Å². The molecule has 0 spiro atoms. The van der Waals surface area contributed by atoms with Crippen molar-refractivity contribution >= 4 is 23.1 Å². The molecular formula is C23H25FN2O3S. The van der Waals surface area contributed by atoms with Gasteiger partial charge in [0.05, 0.1) is 12.1 Å². The number of hydrogen-bond acceptors (Lipinski definition) is 4. The van der Waals surface area contributed by atoms with Gasteiger partial charge in [-0.1, -0.05) is 48.5 Å². The smallest absolute Gasteiger partial charge is 0.290 e. The van der Waals surface area contributed by atoms with Crippen molar-refractivity contribution in [1.29, 1.82) is 0 Å². The monoisotopic (exact) mass is 428 g/mol. The number of fused-ring (bicyclic) bond motifs is 2. The minimum Gasteiger partial charge on any atom is -0.598 e. The molecule has 3 fully saturated rings. The second kappa shape index (κ2) is 8.49. The molecule has 1 amide bonds. The average molecular weight is 429 g/mol. The molecule has 1 saturated carbocycles. The van der Waals surface area contributed by atoms with E-state index < -0.39 is 29.1 Å². The first-order valence-electron chi connectivity index (χ1n) is 10.1. The number of piperidine rings is 2. The molecule has 3 aliphatic rings. The summed E-state index contributed by atoms with van der Waals surface area (Å²) in [6, 6.07) is 13.9. The quantitative estimate of drug-likeness (QED) is 0.567. The Labute approximate surface area is 179 Å². The Morgan fingerprint density at radius 3 is 2.50 bits per heavy atom. The van der Waals surface area contributed by atoms with E-state index in [2.05, 4.69) is 4.72 Å². The van der Waals surface area contributed by atoms with Crippen LogP contribution < -0.4 is 4.72 Å². The Morgan fingerprint density at radius 1 is 1.17 bits per heavy atom. The number of nitrogens with zero attached hydrogens (tertiary/aromatic N) is 1. The number of halogens is 1. The molecule has 2 heterocycles. The number of benzene rings is 2. The number of Topliss-reactive ketones (excluding diaryl/α,β-unsaturated/α-hetero) is 1. The number of carbonyl (C=O) groups excluding carboxylic acids is 2. The predicted octanol–water partition coefficient (Wildman–Crippen LogP) is 2.87. The molecule has 0 aromatic heterocycles. The zero-order valence-corrected chi connectivity index (χ0v) is 17.8. The van der Waals surface area contributed by atoms with Crippen LogP contribution in [0, 0.1) is 11.7 Å². The van der Waals surface area contributed by atoms with Crippen molar-refractivity contribution in [3.63, 3.8) is 0 Å². The van der Waals surface area contributed by atoms with Gasteiger partial charge in [0.25, 0.3) is 5.91 Å². The van der Waals surface area contributed by atoms with Crippen LogP contribution >= 0.6 is 0 Å². The molecule has 1 aliphatic carbocycles. The van der Waals surface area contributed by atoms with Crippen LogP contribution in [0.15, 0.2) is 48.5 Å². The third-order valence-corrected chi connectivity index (χ3v) is 6.86. The molecule has 2 bridgehead atoms. The van der Waals surface area contributed by atoms with Crippen molar-refractivity contribution in [3.8, 4) is 11.1 Å². The Balaban J connectivity index is 1.69. The molecule has 5 rings (SSSR count). The highest BCUT2D eigenvalue weighted by Gasteiger charge is 2.54. The van der Waals surface area contributed by atoms with Crippen LogP contribution in [0.2, 0.25) is 0 Å². The second-order valence-corrected chi connectivity index (χ2v) is 9.31. The maximum absolute atomic E-state index is 15.4. The van der Waals surface area contributed by atoms with E-state index in [4.69, 9.17) is 0 Å². The van der Waals surface area contributed by atoms with Crippen LogP contribution in [0.25, 0.3) is 11.1 Å². The lowest BCUT2D eigenvalue weighted by Crippen LogP contribution is -2.71. The highest BCUT2D eigenvalue weighted by Crippen LogP contribution is 2.44. The molecule has 3 atom stereocenters. The van der Waals surface area contributed by atoms with E-state index in [0.717, 1.165) is 18.4 Å². The molecule has 0 radical (unpaired) electrons. The van der Waals surface area contributed by atoms with Gasteiger partial charge in [0.1, 0.15) is 12.1 Å². The average Bonchev–Trinajstić information content (AvgIpc) is 2.69. The Kier molecular flexibility index (Phi) is 5.95. The van der Waals surface area contributed by atoms with Crippen molar-refractivity contribution in [1.82, 2.24) is 9.62 Å². The fourth-order valence-electron chi connectivity index (χ4n) is 4.80. The molecule has 2 aromatic carbocycles. The van der Waals surface area contributed by atoms with E-state index >= 15 is 4.39 Å². The first-order chi connectivity index (χ1) is 14.4. The maximum atomic E-state index is 15.4. The van der Waals surface area contributed by atoms with Crippen molar-refractivity contribution in [2.45, 2.75) is 44.3 Å². The van der Waals surface area contributed by atoms with Gasteiger partial charge >= 0.3 is 0 Å². The number of rotatable bonds is 6. The van der Waals surface area contributed by atoms with E-state index in [1.54, 1.807) is 23.3 Å². The molecule has 5 nitrogen and oxygen atoms in total. The third kappa shape index (κ3) is 3.89. The zero-order valence-electron chi connectivity index (χ0n) is 17.0. The normalized spacial score (nSPS) is 26.1. The summed E-state index contributed by atoms with van der Waals surface area (Å²) in [6.45, 7) is 1.27. The van der Waals surface area contributed by atoms with E-state index in [1.807, 2.05) is 36.4 Å². The van der Waals surface area contributed by atoms with E-state index in [-0.39, 0.29) is 30.2 Å². The SMILES string of the molecule is CC(=O)C(=O)N1C2CC(C2)[C@H](N[S+](C)[O-])[C@@H]1Cc1cccc(-c2ccccc2)c1F. The highest BCUT2D eigenvalue weighted by atomic mass is 32.2. The highest BCUT2D eigenvalue weighted by molar-refractivity contribution is 7.88. The molecule has 158 valence electrons. The fourth-order valence-corrected chi connectivity index (χ4v) is 5.53. The van der Waals surface area contributed by atoms with Gasteiger partial charge < -0.3 is 9.45 Å². The van der Waals surface area contributed by atoms with E-state index in [0.29, 0.717) is 11.1 Å². The maximum Gasteiger partial charge on any atom is 0.290 e. The van der Waals surface area contributed by atoms with Crippen molar-refractivity contribution in [2.75, 3.05) is 6.26 Å². The van der Waals surface area contributed by atoms with Gasteiger partial charge in [0, 0.05) is 29.9 Å². The van der Waals surface area contributed by atoms with Crippen molar-refractivity contribution < 1.29 is 18.5 Å². The molecule has 2 saturated heterocycles. The standard InChI is InChI=1S/C23H25FN2O3S/c1-14(27)23(28)26-18-11-17(12-18)22(25-30(2)29)20(26)13-16-9-6-10-19(21(16)24)15-7-4-3-5-8-15/h3-10,17-18,20,22,25H,11-13H2,1-2H3/t17?,18?,20-,22-,30?/m0/s1. The first-order valence-corrected chi connectivity index (χ1v) is 11.7. The lowest BCUT2D eigenvalue weighted by molar-refractivity contribution is -0.156. The zero-order chi connectivity index (χ0) is 21.4. The van der Waals surface area contributed by atoms with Gasteiger partial charge in [-0.15, -0.1) is 4.72 Å². The Bertz CT molecular complexity index is 947. The lowest BCUT2D eigenvalue weighted by atomic mass is 9.66. The Morgan fingerprint density at radius 2 is 1.87 bits per heavy atom. The molecule has 30 heavy (non-hydrogen) atoms. The largest absolute Gasteiger partial charge is 0.598 e. The summed E-state index contributed by atoms with van der Waals surface area (Å²) in [4.78, 5) is 26.2. The van der Waals surface area contributed by atoms with E-state index in [1.165, 1.54) is 6.92 Å². The predicted molar refractivity (Wildman–Crippen MR) is 114 cm³/mol. The van der Waals surface area contributed by atoms with Gasteiger partial charge in [0.2, 0.25) is 5.78 Å². The summed E-state index contributed by atoms with van der Waals surface area (Å²) < 4.78 is 30.5. The molecule has 7 heteroatoms. The van der Waals surface area contributed by atoms with Gasteiger partial charge in [-0.2, -0.15) is 0 Å². The topological polar surface area (TPSA) is 72.5 Å². The summed E-state index contributed by atoms with van der Waals surface area (Å²) in [5.74, 6) is -1.13. The van der Waals surface area contributed by atoms with Gasteiger partial charge in [-0.05, 0) is 36.3 Å². The van der Waals surface area contributed by atoms with Gasteiger partial charge in [-0.3, -0.25) is 9.59 Å². The summed E-state index contributed by atoms with van der Waals surface area (Å²) in [7, 11) is 0. The summed E-state index contributed by atoms with van der Waals surface area (Å²) in [5.41, 5.74) is 1.77. The number of hydrogen-bond donors (Lipinski definition) is 1. The van der Waals surface area contributed by atoms with Crippen molar-refractivity contribution in [2.24, 2.45) is 5.92 Å². The second-order valence-electron chi connectivity index (χ2n) is 8.17. The number of carbonyl (C=O) groups is 2. The van der Waals surface area contributed by atoms with Gasteiger partial charge in [0.15, 0.2) is 0 Å². The number of ketones is 1. The minimum atomic E-state index is -1.28. The van der Waals surface area contributed by atoms with Crippen LogP contribution in [-0.4, -0.2) is 45.5 Å². The van der Waals surface area contributed by atoms with Crippen molar-refractivity contribution in [3.05, 3.63) is 59.9 Å². The van der Waals surface area contributed by atoms with E-state index in [9.17, 15) is 14.1 Å².